The lowest BCUT2D eigenvalue weighted by molar-refractivity contribution is 0.174. The van der Waals surface area contributed by atoms with Gasteiger partial charge in [0.15, 0.2) is 11.5 Å². The van der Waals surface area contributed by atoms with Gasteiger partial charge in [-0.25, -0.2) is 12.8 Å². The van der Waals surface area contributed by atoms with Gasteiger partial charge in [-0.2, -0.15) is 0 Å². The van der Waals surface area contributed by atoms with Crippen molar-refractivity contribution >= 4 is 15.7 Å². The molecule has 0 radical (unpaired) electrons. The van der Waals surface area contributed by atoms with Crippen molar-refractivity contribution in [2.45, 2.75) is 4.90 Å². The summed E-state index contributed by atoms with van der Waals surface area (Å²) >= 11 is 0. The van der Waals surface area contributed by atoms with Gasteiger partial charge in [0.1, 0.15) is 28.0 Å². The molecule has 1 heterocycles. The van der Waals surface area contributed by atoms with E-state index in [0.29, 0.717) is 23.0 Å². The molecule has 0 saturated carbocycles. The van der Waals surface area contributed by atoms with Gasteiger partial charge in [-0.15, -0.1) is 0 Å². The van der Waals surface area contributed by atoms with Crippen LogP contribution in [0.15, 0.2) is 65.6 Å². The highest BCUT2D eigenvalue weighted by atomic mass is 32.2. The molecular weight excluding hydrogens is 401 g/mol. The van der Waals surface area contributed by atoms with Crippen LogP contribution in [0.4, 0.5) is 10.1 Å². The second-order valence-electron chi connectivity index (χ2n) is 6.04. The summed E-state index contributed by atoms with van der Waals surface area (Å²) in [7, 11) is -2.73. The van der Waals surface area contributed by atoms with Gasteiger partial charge in [0, 0.05) is 11.8 Å². The molecule has 0 unspecified atom stereocenters. The second-order valence-corrected chi connectivity index (χ2v) is 7.69. The number of fused-ring (bicyclic) bond motifs is 1. The first-order valence-corrected chi connectivity index (χ1v) is 9.97. The molecule has 0 aromatic heterocycles. The molecule has 0 bridgehead atoms. The first kappa shape index (κ1) is 18.9. The third-order valence-corrected chi connectivity index (χ3v) is 5.50. The Labute approximate surface area is 166 Å². The molecule has 0 aliphatic carbocycles. The van der Waals surface area contributed by atoms with E-state index < -0.39 is 15.8 Å². The molecule has 0 spiro atoms. The highest BCUT2D eigenvalue weighted by molar-refractivity contribution is 7.92. The second kappa shape index (κ2) is 7.51. The predicted octanol–water partition coefficient (Wildman–Crippen LogP) is 4.16. The molecule has 29 heavy (non-hydrogen) atoms. The van der Waals surface area contributed by atoms with E-state index in [-0.39, 0.29) is 23.1 Å². The van der Waals surface area contributed by atoms with E-state index in [1.165, 1.54) is 25.3 Å². The first-order chi connectivity index (χ1) is 13.9. The topological polar surface area (TPSA) is 83.1 Å². The third kappa shape index (κ3) is 4.04. The molecule has 4 rings (SSSR count). The molecule has 1 N–H and O–H groups in total. The quantitative estimate of drug-likeness (QED) is 0.649. The van der Waals surface area contributed by atoms with Gasteiger partial charge in [0.25, 0.3) is 10.0 Å². The van der Waals surface area contributed by atoms with Crippen molar-refractivity contribution in [2.24, 2.45) is 0 Å². The predicted molar refractivity (Wildman–Crippen MR) is 103 cm³/mol. The monoisotopic (exact) mass is 417 g/mol. The van der Waals surface area contributed by atoms with Crippen LogP contribution >= 0.6 is 0 Å². The van der Waals surface area contributed by atoms with Crippen LogP contribution in [0, 0.1) is 5.82 Å². The van der Waals surface area contributed by atoms with Crippen LogP contribution in [0.25, 0.3) is 0 Å². The molecule has 7 nitrogen and oxygen atoms in total. The van der Waals surface area contributed by atoms with Gasteiger partial charge in [0.05, 0.1) is 7.11 Å². The number of anilines is 1. The van der Waals surface area contributed by atoms with E-state index in [1.54, 1.807) is 30.3 Å². The highest BCUT2D eigenvalue weighted by Gasteiger charge is 2.21. The Morgan fingerprint density at radius 2 is 1.66 bits per heavy atom. The van der Waals surface area contributed by atoms with E-state index in [1.807, 2.05) is 0 Å². The fraction of sp³-hybridized carbons (Fsp3) is 0.100. The fourth-order valence-corrected chi connectivity index (χ4v) is 3.98. The van der Waals surface area contributed by atoms with Gasteiger partial charge < -0.3 is 18.9 Å². The molecule has 1 aliphatic rings. The number of halogens is 1. The maximum absolute atomic E-state index is 13.5. The Morgan fingerprint density at radius 1 is 0.931 bits per heavy atom. The minimum atomic E-state index is -4.04. The summed E-state index contributed by atoms with van der Waals surface area (Å²) in [4.78, 5) is -0.291. The summed E-state index contributed by atoms with van der Waals surface area (Å²) in [5, 5.41) is 0. The average molecular weight is 417 g/mol. The van der Waals surface area contributed by atoms with Crippen LogP contribution in [0.3, 0.4) is 0 Å². The molecule has 0 fully saturated rings. The molecule has 1 aliphatic heterocycles. The van der Waals surface area contributed by atoms with Crippen LogP contribution in [0.2, 0.25) is 0 Å². The Balaban J connectivity index is 1.50. The Morgan fingerprint density at radius 3 is 2.41 bits per heavy atom. The lowest BCUT2D eigenvalue weighted by Gasteiger charge is -2.12. The number of benzene rings is 3. The van der Waals surface area contributed by atoms with Crippen molar-refractivity contribution < 1.29 is 31.8 Å². The Kier molecular flexibility index (Phi) is 4.89. The van der Waals surface area contributed by atoms with Crippen LogP contribution in [-0.2, 0) is 10.0 Å². The van der Waals surface area contributed by atoms with E-state index in [4.69, 9.17) is 18.9 Å². The number of ether oxygens (including phenoxy) is 4. The molecular formula is C20H16FNO6S. The molecule has 9 heteroatoms. The molecule has 3 aromatic carbocycles. The summed E-state index contributed by atoms with van der Waals surface area (Å²) in [5.41, 5.74) is 0.286. The van der Waals surface area contributed by atoms with Crippen LogP contribution in [-0.4, -0.2) is 22.3 Å². The van der Waals surface area contributed by atoms with Crippen molar-refractivity contribution in [2.75, 3.05) is 18.6 Å². The van der Waals surface area contributed by atoms with E-state index in [0.717, 1.165) is 12.1 Å². The van der Waals surface area contributed by atoms with Gasteiger partial charge >= 0.3 is 0 Å². The number of hydrogen-bond donors (Lipinski definition) is 1. The van der Waals surface area contributed by atoms with E-state index >= 15 is 0 Å². The molecule has 0 saturated heterocycles. The van der Waals surface area contributed by atoms with Crippen molar-refractivity contribution in [1.29, 1.82) is 0 Å². The highest BCUT2D eigenvalue weighted by Crippen LogP contribution is 2.36. The number of nitrogens with one attached hydrogen (secondary N) is 1. The summed E-state index contributed by atoms with van der Waals surface area (Å²) in [6.45, 7) is 0.170. The molecule has 0 atom stereocenters. The minimum Gasteiger partial charge on any atom is -0.495 e. The van der Waals surface area contributed by atoms with Crippen molar-refractivity contribution in [3.05, 3.63) is 66.5 Å². The number of rotatable bonds is 6. The fourth-order valence-electron chi connectivity index (χ4n) is 2.74. The van der Waals surface area contributed by atoms with E-state index in [9.17, 15) is 12.8 Å². The summed E-state index contributed by atoms with van der Waals surface area (Å²) < 4.78 is 62.4. The van der Waals surface area contributed by atoms with Gasteiger partial charge in [-0.3, -0.25) is 4.72 Å². The van der Waals surface area contributed by atoms with Crippen LogP contribution in [0.5, 0.6) is 28.7 Å². The first-order valence-electron chi connectivity index (χ1n) is 8.48. The summed E-state index contributed by atoms with van der Waals surface area (Å²) in [6.07, 6.45) is 0. The van der Waals surface area contributed by atoms with E-state index in [2.05, 4.69) is 4.72 Å². The van der Waals surface area contributed by atoms with Crippen molar-refractivity contribution in [3.63, 3.8) is 0 Å². The van der Waals surface area contributed by atoms with Gasteiger partial charge in [0.2, 0.25) is 6.79 Å². The lowest BCUT2D eigenvalue weighted by atomic mass is 10.3. The normalized spacial score (nSPS) is 12.5. The minimum absolute atomic E-state index is 0.0432. The average Bonchev–Trinajstić information content (AvgIpc) is 3.17. The standard InChI is InChI=1S/C20H16FNO6S/c1-25-18-8-2-13(21)10-20(18)29(23,24)22-14-3-5-15(6-4-14)28-16-7-9-17-19(11-16)27-12-26-17/h2-11,22H,12H2,1H3. The Bertz CT molecular complexity index is 1150. The summed E-state index contributed by atoms with van der Waals surface area (Å²) in [6, 6.07) is 14.7. The maximum atomic E-state index is 13.5. The molecule has 150 valence electrons. The molecule has 3 aromatic rings. The van der Waals surface area contributed by atoms with Gasteiger partial charge in [-0.1, -0.05) is 0 Å². The van der Waals surface area contributed by atoms with Crippen LogP contribution < -0.4 is 23.7 Å². The maximum Gasteiger partial charge on any atom is 0.265 e. The zero-order valence-corrected chi connectivity index (χ0v) is 16.0. The number of methoxy groups -OCH3 is 1. The van der Waals surface area contributed by atoms with Gasteiger partial charge in [-0.05, 0) is 54.6 Å². The number of hydrogen-bond acceptors (Lipinski definition) is 6. The third-order valence-electron chi connectivity index (χ3n) is 4.10. The zero-order chi connectivity index (χ0) is 20.4. The lowest BCUT2D eigenvalue weighted by Crippen LogP contribution is -2.14. The smallest absolute Gasteiger partial charge is 0.265 e. The van der Waals surface area contributed by atoms with Crippen molar-refractivity contribution in [3.8, 4) is 28.7 Å². The zero-order valence-electron chi connectivity index (χ0n) is 15.2. The van der Waals surface area contributed by atoms with Crippen molar-refractivity contribution in [1.82, 2.24) is 0 Å². The van der Waals surface area contributed by atoms with Crippen LogP contribution in [0.1, 0.15) is 0 Å². The molecule has 0 amide bonds. The SMILES string of the molecule is COc1ccc(F)cc1S(=O)(=O)Nc1ccc(Oc2ccc3c(c2)OCO3)cc1. The Hall–Kier alpha value is -3.46. The largest absolute Gasteiger partial charge is 0.495 e. The number of sulfonamides is 1. The summed E-state index contributed by atoms with van der Waals surface area (Å²) in [5.74, 6) is 1.65.